The normalized spacial score (nSPS) is 14.6. The molecule has 3 rings (SSSR count). The SMILES string of the molecule is O=C(Cc1ccc(Cl)cc1)NNC(=O)c1cccc(S(=O)(=O)N2CCCC2)c1. The molecule has 9 heteroatoms. The number of sulfonamides is 1. The van der Waals surface area contributed by atoms with Gasteiger partial charge in [-0.2, -0.15) is 4.31 Å². The Labute approximate surface area is 168 Å². The lowest BCUT2D eigenvalue weighted by molar-refractivity contribution is -0.121. The Morgan fingerprint density at radius 3 is 2.36 bits per heavy atom. The van der Waals surface area contributed by atoms with Crippen molar-refractivity contribution in [1.29, 1.82) is 0 Å². The molecular formula is C19H20ClN3O4S. The summed E-state index contributed by atoms with van der Waals surface area (Å²) in [6.45, 7) is 0.971. The second-order valence-corrected chi connectivity index (χ2v) is 8.82. The van der Waals surface area contributed by atoms with Crippen molar-refractivity contribution in [2.45, 2.75) is 24.2 Å². The average molecular weight is 422 g/mol. The number of carbonyl (C=O) groups is 2. The summed E-state index contributed by atoms with van der Waals surface area (Å²) in [6.07, 6.45) is 1.74. The minimum Gasteiger partial charge on any atom is -0.273 e. The highest BCUT2D eigenvalue weighted by atomic mass is 35.5. The van der Waals surface area contributed by atoms with E-state index in [0.717, 1.165) is 18.4 Å². The maximum Gasteiger partial charge on any atom is 0.269 e. The zero-order valence-electron chi connectivity index (χ0n) is 15.0. The Balaban J connectivity index is 1.61. The van der Waals surface area contributed by atoms with Gasteiger partial charge in [0.05, 0.1) is 11.3 Å². The Morgan fingerprint density at radius 2 is 1.68 bits per heavy atom. The van der Waals surface area contributed by atoms with Crippen molar-refractivity contribution in [3.05, 3.63) is 64.7 Å². The highest BCUT2D eigenvalue weighted by molar-refractivity contribution is 7.89. The van der Waals surface area contributed by atoms with E-state index in [1.807, 2.05) is 0 Å². The number of hydrazine groups is 1. The molecule has 1 saturated heterocycles. The molecule has 2 amide bonds. The number of hydrogen-bond donors (Lipinski definition) is 2. The molecule has 0 aromatic heterocycles. The van der Waals surface area contributed by atoms with E-state index in [0.29, 0.717) is 18.1 Å². The van der Waals surface area contributed by atoms with Crippen LogP contribution in [0.4, 0.5) is 0 Å². The van der Waals surface area contributed by atoms with E-state index in [-0.39, 0.29) is 16.9 Å². The number of amides is 2. The summed E-state index contributed by atoms with van der Waals surface area (Å²) in [7, 11) is -3.62. The van der Waals surface area contributed by atoms with E-state index in [2.05, 4.69) is 10.9 Å². The first kappa shape index (κ1) is 20.3. The van der Waals surface area contributed by atoms with Gasteiger partial charge in [0.15, 0.2) is 0 Å². The molecule has 2 aromatic carbocycles. The summed E-state index contributed by atoms with van der Waals surface area (Å²) in [5.74, 6) is -1.00. The quantitative estimate of drug-likeness (QED) is 0.723. The third-order valence-corrected chi connectivity index (χ3v) is 6.54. The van der Waals surface area contributed by atoms with E-state index >= 15 is 0 Å². The third-order valence-electron chi connectivity index (χ3n) is 4.39. The average Bonchev–Trinajstić information content (AvgIpc) is 3.24. The molecule has 0 radical (unpaired) electrons. The molecule has 7 nitrogen and oxygen atoms in total. The molecule has 1 aliphatic heterocycles. The van der Waals surface area contributed by atoms with Crippen LogP contribution in [0.1, 0.15) is 28.8 Å². The second-order valence-electron chi connectivity index (χ2n) is 6.44. The minimum absolute atomic E-state index is 0.0644. The molecule has 2 aromatic rings. The molecule has 0 unspecified atom stereocenters. The van der Waals surface area contributed by atoms with E-state index in [1.165, 1.54) is 28.6 Å². The van der Waals surface area contributed by atoms with Crippen molar-refractivity contribution in [2.24, 2.45) is 0 Å². The summed E-state index contributed by atoms with van der Waals surface area (Å²) in [5, 5.41) is 0.571. The van der Waals surface area contributed by atoms with Crippen LogP contribution in [0, 0.1) is 0 Å². The van der Waals surface area contributed by atoms with Crippen LogP contribution in [0.25, 0.3) is 0 Å². The fourth-order valence-corrected chi connectivity index (χ4v) is 4.60. The van der Waals surface area contributed by atoms with Gasteiger partial charge >= 0.3 is 0 Å². The molecule has 148 valence electrons. The van der Waals surface area contributed by atoms with Crippen LogP contribution < -0.4 is 10.9 Å². The van der Waals surface area contributed by atoms with Crippen molar-refractivity contribution >= 4 is 33.4 Å². The Morgan fingerprint density at radius 1 is 1.00 bits per heavy atom. The molecule has 0 aliphatic carbocycles. The zero-order chi connectivity index (χ0) is 20.1. The molecule has 1 aliphatic rings. The van der Waals surface area contributed by atoms with Crippen LogP contribution in [-0.4, -0.2) is 37.6 Å². The molecule has 0 atom stereocenters. The summed E-state index contributed by atoms with van der Waals surface area (Å²) < 4.78 is 26.6. The van der Waals surface area contributed by atoms with Crippen molar-refractivity contribution in [3.63, 3.8) is 0 Å². The van der Waals surface area contributed by atoms with Crippen LogP contribution >= 0.6 is 11.6 Å². The highest BCUT2D eigenvalue weighted by Crippen LogP contribution is 2.21. The number of hydrogen-bond acceptors (Lipinski definition) is 4. The lowest BCUT2D eigenvalue weighted by Gasteiger charge is -2.16. The van der Waals surface area contributed by atoms with Crippen LogP contribution in [0.3, 0.4) is 0 Å². The largest absolute Gasteiger partial charge is 0.273 e. The molecule has 2 N–H and O–H groups in total. The predicted molar refractivity (Wildman–Crippen MR) is 105 cm³/mol. The molecular weight excluding hydrogens is 402 g/mol. The maximum absolute atomic E-state index is 12.6. The number of carbonyl (C=O) groups excluding carboxylic acids is 2. The van der Waals surface area contributed by atoms with Gasteiger partial charge in [0, 0.05) is 23.7 Å². The van der Waals surface area contributed by atoms with Gasteiger partial charge in [-0.25, -0.2) is 8.42 Å². The smallest absolute Gasteiger partial charge is 0.269 e. The lowest BCUT2D eigenvalue weighted by atomic mass is 10.1. The van der Waals surface area contributed by atoms with Gasteiger partial charge in [-0.05, 0) is 48.7 Å². The van der Waals surface area contributed by atoms with E-state index < -0.39 is 21.8 Å². The van der Waals surface area contributed by atoms with Gasteiger partial charge in [-0.1, -0.05) is 29.8 Å². The summed E-state index contributed by atoms with van der Waals surface area (Å²) >= 11 is 5.80. The molecule has 28 heavy (non-hydrogen) atoms. The van der Waals surface area contributed by atoms with Gasteiger partial charge < -0.3 is 0 Å². The maximum atomic E-state index is 12.6. The molecule has 1 fully saturated rings. The van der Waals surface area contributed by atoms with Crippen LogP contribution in [0.5, 0.6) is 0 Å². The number of halogens is 1. The van der Waals surface area contributed by atoms with Crippen LogP contribution in [-0.2, 0) is 21.2 Å². The fraction of sp³-hybridized carbons (Fsp3) is 0.263. The zero-order valence-corrected chi connectivity index (χ0v) is 16.6. The standard InChI is InChI=1S/C19H20ClN3O4S/c20-16-8-6-14(7-9-16)12-18(24)21-22-19(25)15-4-3-5-17(13-15)28(26,27)23-10-1-2-11-23/h3-9,13H,1-2,10-12H2,(H,21,24)(H,22,25). The predicted octanol–water partition coefficient (Wildman–Crippen LogP) is 2.13. The topological polar surface area (TPSA) is 95.6 Å². The van der Waals surface area contributed by atoms with E-state index in [9.17, 15) is 18.0 Å². The van der Waals surface area contributed by atoms with Gasteiger partial charge in [0.1, 0.15) is 0 Å². The van der Waals surface area contributed by atoms with Crippen LogP contribution in [0.15, 0.2) is 53.4 Å². The summed E-state index contributed by atoms with van der Waals surface area (Å²) in [6, 6.07) is 12.6. The Kier molecular flexibility index (Phi) is 6.33. The van der Waals surface area contributed by atoms with Crippen molar-refractivity contribution in [2.75, 3.05) is 13.1 Å². The number of nitrogens with zero attached hydrogens (tertiary/aromatic N) is 1. The van der Waals surface area contributed by atoms with Gasteiger partial charge in [-0.3, -0.25) is 20.4 Å². The van der Waals surface area contributed by atoms with Crippen LogP contribution in [0.2, 0.25) is 5.02 Å². The first-order valence-electron chi connectivity index (χ1n) is 8.80. The lowest BCUT2D eigenvalue weighted by Crippen LogP contribution is -2.42. The first-order valence-corrected chi connectivity index (χ1v) is 10.6. The van der Waals surface area contributed by atoms with E-state index in [1.54, 1.807) is 24.3 Å². The van der Waals surface area contributed by atoms with Gasteiger partial charge in [-0.15, -0.1) is 0 Å². The molecule has 0 saturated carbocycles. The monoisotopic (exact) mass is 421 g/mol. The highest BCUT2D eigenvalue weighted by Gasteiger charge is 2.27. The van der Waals surface area contributed by atoms with Gasteiger partial charge in [0.25, 0.3) is 5.91 Å². The number of rotatable bonds is 5. The summed E-state index contributed by atoms with van der Waals surface area (Å²) in [5.41, 5.74) is 5.52. The molecule has 0 bridgehead atoms. The van der Waals surface area contributed by atoms with E-state index in [4.69, 9.17) is 11.6 Å². The van der Waals surface area contributed by atoms with Gasteiger partial charge in [0.2, 0.25) is 15.9 Å². The number of nitrogens with one attached hydrogen (secondary N) is 2. The van der Waals surface area contributed by atoms with Crippen molar-refractivity contribution in [3.8, 4) is 0 Å². The molecule has 1 heterocycles. The number of benzene rings is 2. The third kappa shape index (κ3) is 4.89. The fourth-order valence-electron chi connectivity index (χ4n) is 2.91. The second kappa shape index (κ2) is 8.72. The van der Waals surface area contributed by atoms with Crippen molar-refractivity contribution in [1.82, 2.24) is 15.2 Å². The molecule has 0 spiro atoms. The first-order chi connectivity index (χ1) is 13.4. The minimum atomic E-state index is -3.62. The summed E-state index contributed by atoms with van der Waals surface area (Å²) in [4.78, 5) is 24.3. The van der Waals surface area contributed by atoms with Crippen molar-refractivity contribution < 1.29 is 18.0 Å². The Hall–Kier alpha value is -2.42. The Bertz CT molecular complexity index is 971.